The Hall–Kier alpha value is -4.95. The van der Waals surface area contributed by atoms with Crippen LogP contribution in [0.25, 0.3) is 10.9 Å². The number of methoxy groups -OCH3 is 1. The lowest BCUT2D eigenvalue weighted by Crippen LogP contribution is -2.56. The summed E-state index contributed by atoms with van der Waals surface area (Å²) in [5.74, 6) is -2.36. The van der Waals surface area contributed by atoms with Crippen LogP contribution in [-0.4, -0.2) is 72.5 Å². The van der Waals surface area contributed by atoms with E-state index in [-0.39, 0.29) is 30.8 Å². The minimum absolute atomic E-state index is 0.0274. The van der Waals surface area contributed by atoms with Gasteiger partial charge in [0.25, 0.3) is 0 Å². The number of fused-ring (bicyclic) bond motifs is 1. The molecule has 1 aromatic heterocycles. The molecule has 1 aliphatic heterocycles. The van der Waals surface area contributed by atoms with Crippen LogP contribution in [0.3, 0.4) is 0 Å². The predicted molar refractivity (Wildman–Crippen MR) is 186 cm³/mol. The monoisotopic (exact) mass is 669 g/mol. The largest absolute Gasteiger partial charge is 0.463 e. The van der Waals surface area contributed by atoms with Crippen LogP contribution in [0.15, 0.2) is 66.4 Å². The molecule has 49 heavy (non-hydrogen) atoms. The Labute approximate surface area is 288 Å². The number of likely N-dealkylation sites (N-methyl/N-ethyl adjacent to an activating group) is 1. The van der Waals surface area contributed by atoms with Gasteiger partial charge in [0.15, 0.2) is 6.10 Å². The molecule has 0 saturated heterocycles. The molecule has 0 aliphatic carbocycles. The number of ether oxygens (including phenoxy) is 2. The molecule has 11 nitrogen and oxygen atoms in total. The van der Waals surface area contributed by atoms with E-state index >= 15 is 0 Å². The van der Waals surface area contributed by atoms with Crippen molar-refractivity contribution >= 4 is 34.6 Å². The third-order valence-electron chi connectivity index (χ3n) is 9.43. The zero-order valence-electron chi connectivity index (χ0n) is 29.3. The Balaban J connectivity index is 1.79. The summed E-state index contributed by atoms with van der Waals surface area (Å²) in [6, 6.07) is 13.2. The summed E-state index contributed by atoms with van der Waals surface area (Å²) in [4.78, 5) is 59.8. The average Bonchev–Trinajstić information content (AvgIpc) is 3.50. The normalized spacial score (nSPS) is 27.8. The number of cyclic esters (lactones) is 1. The Kier molecular flexibility index (Phi) is 12.4. The Morgan fingerprint density at radius 2 is 1.67 bits per heavy atom. The van der Waals surface area contributed by atoms with Gasteiger partial charge in [0.2, 0.25) is 17.7 Å². The van der Waals surface area contributed by atoms with Crippen LogP contribution >= 0.6 is 0 Å². The molecule has 0 spiro atoms. The summed E-state index contributed by atoms with van der Waals surface area (Å²) in [6.45, 7) is 9.47. The van der Waals surface area contributed by atoms with Gasteiger partial charge in [-0.05, 0) is 61.4 Å². The maximum absolute atomic E-state index is 14.4. The van der Waals surface area contributed by atoms with Gasteiger partial charge in [-0.2, -0.15) is 5.26 Å². The van der Waals surface area contributed by atoms with E-state index < -0.39 is 47.9 Å². The van der Waals surface area contributed by atoms with Gasteiger partial charge >= 0.3 is 5.97 Å². The number of carbonyl (C=O) groups is 4. The molecule has 3 aromatic rings. The van der Waals surface area contributed by atoms with Crippen molar-refractivity contribution in [2.75, 3.05) is 20.8 Å². The Morgan fingerprint density at radius 1 is 0.980 bits per heavy atom. The summed E-state index contributed by atoms with van der Waals surface area (Å²) in [7, 11) is 2.90. The van der Waals surface area contributed by atoms with Crippen LogP contribution in [0.5, 0.6) is 0 Å². The third kappa shape index (κ3) is 8.95. The fourth-order valence-electron chi connectivity index (χ4n) is 6.21. The van der Waals surface area contributed by atoms with Gasteiger partial charge in [-0.1, -0.05) is 62.8 Å². The van der Waals surface area contributed by atoms with Gasteiger partial charge in [-0.25, -0.2) is 4.79 Å². The second-order valence-corrected chi connectivity index (χ2v) is 13.2. The van der Waals surface area contributed by atoms with E-state index in [0.717, 1.165) is 22.0 Å². The highest BCUT2D eigenvalue weighted by Gasteiger charge is 2.37. The van der Waals surface area contributed by atoms with Gasteiger partial charge in [-0.15, -0.1) is 0 Å². The lowest BCUT2D eigenvalue weighted by Gasteiger charge is -2.33. The number of aromatic nitrogens is 1. The molecule has 4 rings (SSSR count). The molecule has 2 heterocycles. The van der Waals surface area contributed by atoms with Gasteiger partial charge in [0.05, 0.1) is 24.3 Å². The van der Waals surface area contributed by atoms with E-state index in [9.17, 15) is 24.4 Å². The highest BCUT2D eigenvalue weighted by Crippen LogP contribution is 2.26. The lowest BCUT2D eigenvalue weighted by molar-refractivity contribution is -0.159. The fourth-order valence-corrected chi connectivity index (χ4v) is 6.21. The van der Waals surface area contributed by atoms with Crippen LogP contribution in [0, 0.1) is 29.1 Å². The molecule has 1 aliphatic rings. The molecule has 3 amide bonds. The second-order valence-electron chi connectivity index (χ2n) is 13.2. The van der Waals surface area contributed by atoms with Crippen molar-refractivity contribution in [3.05, 3.63) is 83.1 Å². The standard InChI is InChI=1S/C38H47N5O6/c1-22-16-23(2)25(4)21-49-38(47)34(48-7)33(28-14-12-27(19-39)13-15-28)42-36(45)32(18-29-20-40-31-11-9-8-10-30(29)31)43(6)37(46)26(5)41-35(44)24(3)17-22/h8-16,20,23-26,32-34,40H,17-18,21H2,1-7H3,(H,41,44)(H,42,45)/b22-16+/t23-,24+,25+,26+,32-,33+,34+/m1/s1. The van der Waals surface area contributed by atoms with Crippen LogP contribution in [0.2, 0.25) is 0 Å². The molecule has 0 unspecified atom stereocenters. The zero-order valence-corrected chi connectivity index (χ0v) is 29.3. The molecule has 2 aromatic carbocycles. The van der Waals surface area contributed by atoms with E-state index in [2.05, 4.69) is 27.8 Å². The molecule has 260 valence electrons. The average molecular weight is 670 g/mol. The molecule has 0 bridgehead atoms. The minimum atomic E-state index is -1.24. The van der Waals surface area contributed by atoms with Gasteiger partial charge in [0, 0.05) is 43.6 Å². The van der Waals surface area contributed by atoms with Gasteiger partial charge in [-0.3, -0.25) is 14.4 Å². The van der Waals surface area contributed by atoms with Crippen LogP contribution in [0.4, 0.5) is 0 Å². The topological polar surface area (TPSA) is 154 Å². The number of rotatable bonds is 4. The number of para-hydroxylation sites is 1. The zero-order chi connectivity index (χ0) is 35.8. The van der Waals surface area contributed by atoms with Crippen molar-refractivity contribution in [2.45, 2.75) is 71.7 Å². The molecular formula is C38H47N5O6. The number of hydrogen-bond donors (Lipinski definition) is 3. The van der Waals surface area contributed by atoms with Crippen LogP contribution in [0.1, 0.15) is 63.8 Å². The number of nitrogens with zero attached hydrogens (tertiary/aromatic N) is 2. The maximum atomic E-state index is 14.4. The highest BCUT2D eigenvalue weighted by molar-refractivity contribution is 5.93. The SMILES string of the molecule is CO[C@@H]1C(=O)OC[C@H](C)[C@H](C)/C=C(\C)C[C@H](C)C(=O)N[C@@H](C)C(=O)N(C)[C@H](Cc2c[nH]c3ccccc23)C(=O)N[C@H]1c1ccc(C#N)cc1. The first-order chi connectivity index (χ1) is 23.3. The molecule has 3 N–H and O–H groups in total. The van der Waals surface area contributed by atoms with Crippen LogP contribution < -0.4 is 10.6 Å². The second kappa shape index (κ2) is 16.4. The van der Waals surface area contributed by atoms with Crippen molar-refractivity contribution in [1.29, 1.82) is 5.26 Å². The molecular weight excluding hydrogens is 622 g/mol. The van der Waals surface area contributed by atoms with E-state index in [1.807, 2.05) is 58.2 Å². The number of H-pyrrole nitrogens is 1. The van der Waals surface area contributed by atoms with Crippen molar-refractivity contribution in [3.63, 3.8) is 0 Å². The number of benzene rings is 2. The van der Waals surface area contributed by atoms with Crippen molar-refractivity contribution in [2.24, 2.45) is 17.8 Å². The van der Waals surface area contributed by atoms with E-state index in [1.54, 1.807) is 31.2 Å². The first kappa shape index (κ1) is 36.9. The quantitative estimate of drug-likeness (QED) is 0.271. The van der Waals surface area contributed by atoms with Crippen molar-refractivity contribution in [1.82, 2.24) is 20.5 Å². The number of amides is 3. The van der Waals surface area contributed by atoms with Gasteiger partial charge < -0.3 is 30.0 Å². The molecule has 11 heteroatoms. The van der Waals surface area contributed by atoms with Crippen molar-refractivity contribution < 1.29 is 28.7 Å². The number of nitrogens with one attached hydrogen (secondary N) is 3. The summed E-state index contributed by atoms with van der Waals surface area (Å²) in [5.41, 5.74) is 3.61. The molecule has 7 atom stereocenters. The Morgan fingerprint density at radius 3 is 2.35 bits per heavy atom. The number of allylic oxidation sites excluding steroid dienone is 2. The number of hydrogen-bond acceptors (Lipinski definition) is 7. The Bertz CT molecular complexity index is 1720. The summed E-state index contributed by atoms with van der Waals surface area (Å²) in [5, 5.41) is 16.1. The van der Waals surface area contributed by atoms with Gasteiger partial charge in [0.1, 0.15) is 12.1 Å². The van der Waals surface area contributed by atoms with E-state index in [0.29, 0.717) is 17.5 Å². The highest BCUT2D eigenvalue weighted by atomic mass is 16.6. The van der Waals surface area contributed by atoms with E-state index in [1.165, 1.54) is 19.1 Å². The minimum Gasteiger partial charge on any atom is -0.463 e. The predicted octanol–water partition coefficient (Wildman–Crippen LogP) is 4.59. The first-order valence-corrected chi connectivity index (χ1v) is 16.6. The number of nitriles is 1. The maximum Gasteiger partial charge on any atom is 0.337 e. The number of esters is 1. The molecule has 0 radical (unpaired) electrons. The molecule has 0 fully saturated rings. The lowest BCUT2D eigenvalue weighted by atomic mass is 9.91. The fraction of sp³-hybridized carbons (Fsp3) is 0.447. The smallest absolute Gasteiger partial charge is 0.337 e. The number of carbonyl (C=O) groups excluding carboxylic acids is 4. The summed E-state index contributed by atoms with van der Waals surface area (Å²) < 4.78 is 11.5. The first-order valence-electron chi connectivity index (χ1n) is 16.6. The van der Waals surface area contributed by atoms with Crippen molar-refractivity contribution in [3.8, 4) is 6.07 Å². The van der Waals surface area contributed by atoms with E-state index in [4.69, 9.17) is 9.47 Å². The van der Waals surface area contributed by atoms with Crippen LogP contribution in [-0.2, 0) is 35.1 Å². The summed E-state index contributed by atoms with van der Waals surface area (Å²) >= 11 is 0. The molecule has 0 saturated carbocycles. The number of aromatic amines is 1. The third-order valence-corrected chi connectivity index (χ3v) is 9.43. The summed E-state index contributed by atoms with van der Waals surface area (Å²) in [6.07, 6.45) is 3.26.